The minimum Gasteiger partial charge on any atom is -0.328 e. The average Bonchev–Trinajstić information content (AvgIpc) is 2.21. The molecule has 0 spiro atoms. The summed E-state index contributed by atoms with van der Waals surface area (Å²) >= 11 is 0. The van der Waals surface area contributed by atoms with Gasteiger partial charge >= 0.3 is 0 Å². The van der Waals surface area contributed by atoms with Gasteiger partial charge in [-0.25, -0.2) is 0 Å². The van der Waals surface area contributed by atoms with Crippen molar-refractivity contribution in [1.29, 1.82) is 0 Å². The molecule has 1 aliphatic rings. The van der Waals surface area contributed by atoms with Crippen LogP contribution in [0.2, 0.25) is 0 Å². The van der Waals surface area contributed by atoms with Crippen molar-refractivity contribution in [3.05, 3.63) is 0 Å². The van der Waals surface area contributed by atoms with Crippen LogP contribution in [0, 0.1) is 5.92 Å². The molecule has 0 atom stereocenters. The van der Waals surface area contributed by atoms with Crippen molar-refractivity contribution < 1.29 is 0 Å². The fraction of sp³-hybridized carbons (Fsp3) is 1.00. The van der Waals surface area contributed by atoms with Crippen molar-refractivity contribution in [2.75, 3.05) is 13.1 Å². The molecule has 3 N–H and O–H groups in total. The summed E-state index contributed by atoms with van der Waals surface area (Å²) in [6.45, 7) is 4.68. The van der Waals surface area contributed by atoms with Crippen molar-refractivity contribution in [2.24, 2.45) is 11.7 Å². The van der Waals surface area contributed by atoms with E-state index in [0.717, 1.165) is 5.92 Å². The van der Waals surface area contributed by atoms with Gasteiger partial charge < -0.3 is 11.1 Å². The standard InChI is InChI=1S/C12H26N2/c1-2-3-4-9-14-10-11-5-7-12(13)8-6-11/h11-12,14H,2-10,13H2,1H3. The molecule has 0 radical (unpaired) electrons. The highest BCUT2D eigenvalue weighted by molar-refractivity contribution is 4.75. The van der Waals surface area contributed by atoms with E-state index in [1.807, 2.05) is 0 Å². The molecular formula is C12H26N2. The predicted octanol–water partition coefficient (Wildman–Crippen LogP) is 2.28. The normalized spacial score (nSPS) is 27.9. The first kappa shape index (κ1) is 12.0. The molecule has 0 aromatic heterocycles. The summed E-state index contributed by atoms with van der Waals surface area (Å²) in [5, 5.41) is 3.56. The smallest absolute Gasteiger partial charge is 0.00390 e. The number of nitrogens with one attached hydrogen (secondary N) is 1. The Morgan fingerprint density at radius 3 is 2.50 bits per heavy atom. The molecule has 84 valence electrons. The third-order valence-corrected chi connectivity index (χ3v) is 3.28. The van der Waals surface area contributed by atoms with Crippen LogP contribution in [0.3, 0.4) is 0 Å². The summed E-state index contributed by atoms with van der Waals surface area (Å²) < 4.78 is 0. The van der Waals surface area contributed by atoms with Gasteiger partial charge in [0.2, 0.25) is 0 Å². The summed E-state index contributed by atoms with van der Waals surface area (Å²) in [6, 6.07) is 0.492. The Bertz CT molecular complexity index is 128. The van der Waals surface area contributed by atoms with Gasteiger partial charge in [-0.05, 0) is 51.1 Å². The van der Waals surface area contributed by atoms with Crippen LogP contribution in [0.5, 0.6) is 0 Å². The fourth-order valence-electron chi connectivity index (χ4n) is 2.20. The van der Waals surface area contributed by atoms with Gasteiger partial charge in [0, 0.05) is 6.04 Å². The average molecular weight is 198 g/mol. The zero-order chi connectivity index (χ0) is 10.2. The van der Waals surface area contributed by atoms with E-state index < -0.39 is 0 Å². The second-order valence-corrected chi connectivity index (χ2v) is 4.69. The van der Waals surface area contributed by atoms with Gasteiger partial charge in [-0.15, -0.1) is 0 Å². The Morgan fingerprint density at radius 1 is 1.14 bits per heavy atom. The molecule has 2 nitrogen and oxygen atoms in total. The molecule has 1 fully saturated rings. The van der Waals surface area contributed by atoms with Gasteiger partial charge in [-0.3, -0.25) is 0 Å². The van der Waals surface area contributed by atoms with Gasteiger partial charge in [0.25, 0.3) is 0 Å². The Morgan fingerprint density at radius 2 is 1.86 bits per heavy atom. The molecule has 1 aliphatic carbocycles. The SMILES string of the molecule is CCCCCNCC1CCC(N)CC1. The lowest BCUT2D eigenvalue weighted by Gasteiger charge is -2.26. The second-order valence-electron chi connectivity index (χ2n) is 4.69. The number of hydrogen-bond acceptors (Lipinski definition) is 2. The van der Waals surface area contributed by atoms with Gasteiger partial charge in [0.1, 0.15) is 0 Å². The van der Waals surface area contributed by atoms with Crippen LogP contribution in [0.15, 0.2) is 0 Å². The summed E-state index contributed by atoms with van der Waals surface area (Å²) in [5.74, 6) is 0.899. The van der Waals surface area contributed by atoms with E-state index in [9.17, 15) is 0 Å². The van der Waals surface area contributed by atoms with Crippen LogP contribution in [0.4, 0.5) is 0 Å². The summed E-state index contributed by atoms with van der Waals surface area (Å²) in [7, 11) is 0. The molecule has 0 aliphatic heterocycles. The molecule has 0 heterocycles. The maximum Gasteiger partial charge on any atom is 0.00390 e. The highest BCUT2D eigenvalue weighted by atomic mass is 14.9. The minimum atomic E-state index is 0.492. The topological polar surface area (TPSA) is 38.0 Å². The van der Waals surface area contributed by atoms with E-state index in [1.165, 1.54) is 58.0 Å². The molecule has 14 heavy (non-hydrogen) atoms. The van der Waals surface area contributed by atoms with Gasteiger partial charge in [-0.1, -0.05) is 19.8 Å². The molecule has 0 bridgehead atoms. The number of nitrogens with two attached hydrogens (primary N) is 1. The largest absolute Gasteiger partial charge is 0.328 e. The molecule has 0 amide bonds. The van der Waals surface area contributed by atoms with Crippen molar-refractivity contribution >= 4 is 0 Å². The van der Waals surface area contributed by atoms with Crippen LogP contribution in [-0.2, 0) is 0 Å². The molecule has 0 aromatic rings. The third kappa shape index (κ3) is 4.97. The first-order chi connectivity index (χ1) is 6.83. The van der Waals surface area contributed by atoms with Gasteiger partial charge in [-0.2, -0.15) is 0 Å². The van der Waals surface area contributed by atoms with Crippen LogP contribution in [-0.4, -0.2) is 19.1 Å². The predicted molar refractivity (Wildman–Crippen MR) is 62.3 cm³/mol. The van der Waals surface area contributed by atoms with E-state index in [2.05, 4.69) is 12.2 Å². The van der Waals surface area contributed by atoms with Crippen molar-refractivity contribution in [3.8, 4) is 0 Å². The zero-order valence-corrected chi connectivity index (χ0v) is 9.60. The molecule has 2 heteroatoms. The van der Waals surface area contributed by atoms with Crippen LogP contribution in [0.25, 0.3) is 0 Å². The number of hydrogen-bond donors (Lipinski definition) is 2. The first-order valence-electron chi connectivity index (χ1n) is 6.29. The Balaban J connectivity index is 1.91. The lowest BCUT2D eigenvalue weighted by Crippen LogP contribution is -2.31. The lowest BCUT2D eigenvalue weighted by atomic mass is 9.86. The molecule has 1 saturated carbocycles. The van der Waals surface area contributed by atoms with E-state index in [0.29, 0.717) is 6.04 Å². The number of unbranched alkanes of at least 4 members (excludes halogenated alkanes) is 2. The molecule has 1 rings (SSSR count). The first-order valence-corrected chi connectivity index (χ1v) is 6.29. The summed E-state index contributed by atoms with van der Waals surface area (Å²) in [6.07, 6.45) is 9.16. The van der Waals surface area contributed by atoms with Crippen LogP contribution >= 0.6 is 0 Å². The van der Waals surface area contributed by atoms with Crippen LogP contribution in [0.1, 0.15) is 51.9 Å². The monoisotopic (exact) mass is 198 g/mol. The molecule has 0 saturated heterocycles. The molecular weight excluding hydrogens is 172 g/mol. The van der Waals surface area contributed by atoms with Crippen LogP contribution < -0.4 is 11.1 Å². The second kappa shape index (κ2) is 7.24. The summed E-state index contributed by atoms with van der Waals surface area (Å²) in [5.41, 5.74) is 5.87. The summed E-state index contributed by atoms with van der Waals surface area (Å²) in [4.78, 5) is 0. The maximum absolute atomic E-state index is 5.87. The van der Waals surface area contributed by atoms with Crippen molar-refractivity contribution in [3.63, 3.8) is 0 Å². The highest BCUT2D eigenvalue weighted by Crippen LogP contribution is 2.22. The lowest BCUT2D eigenvalue weighted by molar-refractivity contribution is 0.314. The molecule has 0 unspecified atom stereocenters. The zero-order valence-electron chi connectivity index (χ0n) is 9.60. The Labute approximate surface area is 88.6 Å². The van der Waals surface area contributed by atoms with E-state index in [4.69, 9.17) is 5.73 Å². The highest BCUT2D eigenvalue weighted by Gasteiger charge is 2.17. The van der Waals surface area contributed by atoms with Crippen molar-refractivity contribution in [2.45, 2.75) is 57.9 Å². The van der Waals surface area contributed by atoms with Crippen molar-refractivity contribution in [1.82, 2.24) is 5.32 Å². The number of rotatable bonds is 6. The van der Waals surface area contributed by atoms with Gasteiger partial charge in [0.15, 0.2) is 0 Å². The fourth-order valence-corrected chi connectivity index (χ4v) is 2.20. The van der Waals surface area contributed by atoms with E-state index in [1.54, 1.807) is 0 Å². The Kier molecular flexibility index (Phi) is 6.20. The third-order valence-electron chi connectivity index (χ3n) is 3.28. The van der Waals surface area contributed by atoms with Gasteiger partial charge in [0.05, 0.1) is 0 Å². The maximum atomic E-state index is 5.87. The molecule has 0 aromatic carbocycles. The van der Waals surface area contributed by atoms with E-state index in [-0.39, 0.29) is 0 Å². The van der Waals surface area contributed by atoms with E-state index >= 15 is 0 Å². The quantitative estimate of drug-likeness (QED) is 0.643. The minimum absolute atomic E-state index is 0.492. The Hall–Kier alpha value is -0.0800.